The van der Waals surface area contributed by atoms with Gasteiger partial charge in [0.15, 0.2) is 0 Å². The Hall–Kier alpha value is -0.120. The Morgan fingerprint density at radius 3 is 2.21 bits per heavy atom. The van der Waals surface area contributed by atoms with Crippen molar-refractivity contribution in [2.75, 3.05) is 19.7 Å². The van der Waals surface area contributed by atoms with Gasteiger partial charge in [-0.05, 0) is 31.1 Å². The van der Waals surface area contributed by atoms with Crippen molar-refractivity contribution in [2.45, 2.75) is 45.1 Å². The molecule has 14 heavy (non-hydrogen) atoms. The van der Waals surface area contributed by atoms with Gasteiger partial charge in [-0.3, -0.25) is 0 Å². The van der Waals surface area contributed by atoms with Crippen molar-refractivity contribution in [3.05, 3.63) is 0 Å². The molecular weight excluding hydrogens is 178 g/mol. The first-order chi connectivity index (χ1) is 6.47. The Bertz CT molecular complexity index is 170. The highest BCUT2D eigenvalue weighted by molar-refractivity contribution is 4.90. The molecule has 0 heterocycles. The number of aliphatic hydroxyl groups excluding tert-OH is 1. The van der Waals surface area contributed by atoms with E-state index in [4.69, 9.17) is 5.11 Å². The summed E-state index contributed by atoms with van der Waals surface area (Å²) >= 11 is 0. The van der Waals surface area contributed by atoms with Crippen molar-refractivity contribution in [1.29, 1.82) is 0 Å². The van der Waals surface area contributed by atoms with E-state index >= 15 is 0 Å². The molecule has 1 aliphatic carbocycles. The molecule has 1 rings (SSSR count). The van der Waals surface area contributed by atoms with Gasteiger partial charge in [-0.15, -0.1) is 0 Å². The fourth-order valence-corrected chi connectivity index (χ4v) is 1.97. The van der Waals surface area contributed by atoms with Crippen LogP contribution in [0.25, 0.3) is 0 Å². The smallest absolute Gasteiger partial charge is 0.0772 e. The van der Waals surface area contributed by atoms with Crippen LogP contribution in [-0.4, -0.2) is 35.5 Å². The van der Waals surface area contributed by atoms with Gasteiger partial charge in [0.05, 0.1) is 12.2 Å². The van der Waals surface area contributed by atoms with Crippen molar-refractivity contribution < 1.29 is 10.2 Å². The molecule has 0 amide bonds. The molecule has 84 valence electrons. The first kappa shape index (κ1) is 12.0. The van der Waals surface area contributed by atoms with E-state index in [0.717, 1.165) is 25.7 Å². The topological polar surface area (TPSA) is 52.5 Å². The number of hydrogen-bond acceptors (Lipinski definition) is 3. The molecule has 0 aromatic rings. The van der Waals surface area contributed by atoms with Gasteiger partial charge in [0.25, 0.3) is 0 Å². The molecule has 0 atom stereocenters. The number of aliphatic hydroxyl groups is 2. The quantitative estimate of drug-likeness (QED) is 0.592. The van der Waals surface area contributed by atoms with E-state index < -0.39 is 5.60 Å². The molecule has 3 N–H and O–H groups in total. The van der Waals surface area contributed by atoms with E-state index in [0.29, 0.717) is 18.5 Å². The molecule has 0 aromatic heterocycles. The summed E-state index contributed by atoms with van der Waals surface area (Å²) in [5.74, 6) is 0. The highest BCUT2D eigenvalue weighted by Crippen LogP contribution is 2.39. The highest BCUT2D eigenvalue weighted by Gasteiger charge is 2.35. The lowest BCUT2D eigenvalue weighted by molar-refractivity contribution is -0.0246. The summed E-state index contributed by atoms with van der Waals surface area (Å²) in [7, 11) is 0. The van der Waals surface area contributed by atoms with Crippen LogP contribution in [0.15, 0.2) is 0 Å². The Morgan fingerprint density at radius 2 is 1.71 bits per heavy atom. The average molecular weight is 201 g/mol. The number of hydrogen-bond donors (Lipinski definition) is 3. The van der Waals surface area contributed by atoms with E-state index in [9.17, 15) is 5.11 Å². The molecule has 0 saturated heterocycles. The zero-order valence-electron chi connectivity index (χ0n) is 9.34. The van der Waals surface area contributed by atoms with Crippen molar-refractivity contribution in [3.8, 4) is 0 Å². The molecule has 0 bridgehead atoms. The van der Waals surface area contributed by atoms with E-state index in [1.165, 1.54) is 0 Å². The minimum absolute atomic E-state index is 0.140. The van der Waals surface area contributed by atoms with E-state index in [1.54, 1.807) is 0 Å². The summed E-state index contributed by atoms with van der Waals surface area (Å²) in [6, 6.07) is 0. The van der Waals surface area contributed by atoms with Gasteiger partial charge in [-0.25, -0.2) is 0 Å². The van der Waals surface area contributed by atoms with Gasteiger partial charge < -0.3 is 15.5 Å². The summed E-state index contributed by atoms with van der Waals surface area (Å²) in [6.07, 6.45) is 3.92. The molecule has 0 aliphatic heterocycles. The monoisotopic (exact) mass is 201 g/mol. The Morgan fingerprint density at radius 1 is 1.14 bits per heavy atom. The molecular formula is C11H23NO2. The fourth-order valence-electron chi connectivity index (χ4n) is 1.97. The van der Waals surface area contributed by atoms with Crippen LogP contribution in [0.1, 0.15) is 39.5 Å². The lowest BCUT2D eigenvalue weighted by atomic mass is 9.71. The third-order valence-corrected chi connectivity index (χ3v) is 3.28. The minimum atomic E-state index is -0.537. The molecule has 1 saturated carbocycles. The molecule has 1 fully saturated rings. The first-order valence-corrected chi connectivity index (χ1v) is 5.51. The molecule has 3 nitrogen and oxygen atoms in total. The van der Waals surface area contributed by atoms with Gasteiger partial charge in [-0.1, -0.05) is 13.8 Å². The zero-order valence-corrected chi connectivity index (χ0v) is 9.34. The van der Waals surface area contributed by atoms with Crippen LogP contribution in [0.3, 0.4) is 0 Å². The third-order valence-electron chi connectivity index (χ3n) is 3.28. The summed E-state index contributed by atoms with van der Waals surface area (Å²) in [5, 5.41) is 21.9. The number of nitrogens with one attached hydrogen (secondary N) is 1. The van der Waals surface area contributed by atoms with Crippen molar-refractivity contribution in [1.82, 2.24) is 5.32 Å². The summed E-state index contributed by atoms with van der Waals surface area (Å²) < 4.78 is 0. The maximum atomic E-state index is 10.2. The SMILES string of the molecule is CC1(C)CCC(O)(CNCCO)CC1. The number of rotatable bonds is 4. The Kier molecular flexibility index (Phi) is 3.93. The zero-order chi connectivity index (χ0) is 10.7. The van der Waals surface area contributed by atoms with Crippen LogP contribution < -0.4 is 5.32 Å². The molecule has 0 spiro atoms. The largest absolute Gasteiger partial charge is 0.395 e. The van der Waals surface area contributed by atoms with Crippen molar-refractivity contribution in [2.24, 2.45) is 5.41 Å². The lowest BCUT2D eigenvalue weighted by Crippen LogP contribution is -2.45. The lowest BCUT2D eigenvalue weighted by Gasteiger charge is -2.40. The van der Waals surface area contributed by atoms with Crippen molar-refractivity contribution in [3.63, 3.8) is 0 Å². The highest BCUT2D eigenvalue weighted by atomic mass is 16.3. The second-order valence-corrected chi connectivity index (χ2v) is 5.29. The van der Waals surface area contributed by atoms with Crippen LogP contribution in [0.5, 0.6) is 0 Å². The van der Waals surface area contributed by atoms with Gasteiger partial charge in [0, 0.05) is 13.1 Å². The van der Waals surface area contributed by atoms with Crippen LogP contribution in [-0.2, 0) is 0 Å². The van der Waals surface area contributed by atoms with Crippen LogP contribution >= 0.6 is 0 Å². The van der Waals surface area contributed by atoms with Crippen LogP contribution in [0.2, 0.25) is 0 Å². The summed E-state index contributed by atoms with van der Waals surface area (Å²) in [5.41, 5.74) is -0.145. The molecule has 0 radical (unpaired) electrons. The minimum Gasteiger partial charge on any atom is -0.395 e. The predicted molar refractivity (Wildman–Crippen MR) is 57.2 cm³/mol. The fraction of sp³-hybridized carbons (Fsp3) is 1.00. The molecule has 0 aromatic carbocycles. The normalized spacial score (nSPS) is 24.9. The maximum Gasteiger partial charge on any atom is 0.0772 e. The van der Waals surface area contributed by atoms with Gasteiger partial charge >= 0.3 is 0 Å². The van der Waals surface area contributed by atoms with Crippen LogP contribution in [0, 0.1) is 5.41 Å². The molecule has 3 heteroatoms. The third kappa shape index (κ3) is 3.56. The standard InChI is InChI=1S/C11H23NO2/c1-10(2)3-5-11(14,6-4-10)9-12-7-8-13/h12-14H,3-9H2,1-2H3. The van der Waals surface area contributed by atoms with E-state index in [-0.39, 0.29) is 6.61 Å². The predicted octanol–water partition coefficient (Wildman–Crippen LogP) is 0.900. The van der Waals surface area contributed by atoms with Gasteiger partial charge in [-0.2, -0.15) is 0 Å². The molecule has 1 aliphatic rings. The maximum absolute atomic E-state index is 10.2. The van der Waals surface area contributed by atoms with Gasteiger partial charge in [0.1, 0.15) is 0 Å². The van der Waals surface area contributed by atoms with Crippen molar-refractivity contribution >= 4 is 0 Å². The van der Waals surface area contributed by atoms with E-state index in [2.05, 4.69) is 19.2 Å². The van der Waals surface area contributed by atoms with E-state index in [1.807, 2.05) is 0 Å². The summed E-state index contributed by atoms with van der Waals surface area (Å²) in [6.45, 7) is 5.85. The van der Waals surface area contributed by atoms with Gasteiger partial charge in [0.2, 0.25) is 0 Å². The average Bonchev–Trinajstić information content (AvgIpc) is 2.12. The Labute approximate surface area is 86.5 Å². The Balaban J connectivity index is 2.30. The second kappa shape index (κ2) is 4.60. The second-order valence-electron chi connectivity index (χ2n) is 5.29. The van der Waals surface area contributed by atoms with Crippen LogP contribution in [0.4, 0.5) is 0 Å². The first-order valence-electron chi connectivity index (χ1n) is 5.51. The molecule has 0 unspecified atom stereocenters. The summed E-state index contributed by atoms with van der Waals surface area (Å²) in [4.78, 5) is 0.